The number of benzene rings is 3. The molecule has 2 aromatic heterocycles. The lowest BCUT2D eigenvalue weighted by atomic mass is 10.1. The second kappa shape index (κ2) is 9.72. The molecule has 0 unspecified atom stereocenters. The van der Waals surface area contributed by atoms with Gasteiger partial charge in [0.1, 0.15) is 5.75 Å². The number of carbonyl (C=O) groups excluding carboxylic acids is 1. The van der Waals surface area contributed by atoms with Crippen molar-refractivity contribution in [2.45, 2.75) is 6.54 Å². The summed E-state index contributed by atoms with van der Waals surface area (Å²) >= 11 is 5.97. The summed E-state index contributed by atoms with van der Waals surface area (Å²) in [5, 5.41) is 10.4. The number of hydrogen-bond acceptors (Lipinski definition) is 6. The molecule has 0 radical (unpaired) electrons. The molecule has 7 nitrogen and oxygen atoms in total. The lowest BCUT2D eigenvalue weighted by molar-refractivity contribution is 0.0824. The predicted molar refractivity (Wildman–Crippen MR) is 132 cm³/mol. The van der Waals surface area contributed by atoms with E-state index in [-0.39, 0.29) is 12.5 Å². The summed E-state index contributed by atoms with van der Waals surface area (Å²) in [5.41, 5.74) is 1.70. The van der Waals surface area contributed by atoms with Crippen LogP contribution in [0, 0.1) is 0 Å². The number of aromatic nitrogens is 4. The highest BCUT2D eigenvalue weighted by Gasteiger charge is 2.18. The van der Waals surface area contributed by atoms with Crippen molar-refractivity contribution in [3.05, 3.63) is 102 Å². The van der Waals surface area contributed by atoms with Crippen LogP contribution in [0.4, 0.5) is 5.95 Å². The molecule has 0 fully saturated rings. The number of nitrogens with zero attached hydrogens (tertiary/aromatic N) is 4. The first kappa shape index (κ1) is 21.6. The van der Waals surface area contributed by atoms with Crippen molar-refractivity contribution in [1.82, 2.24) is 19.7 Å². The number of carbonyl (C=O) groups is 1. The fraction of sp³-hybridized carbons (Fsp3) is 0.0769. The molecule has 0 atom stereocenters. The molecule has 3 aromatic carbocycles. The number of fused-ring (bicyclic) bond motifs is 1. The summed E-state index contributed by atoms with van der Waals surface area (Å²) in [5.74, 6) is 0.969. The van der Waals surface area contributed by atoms with Crippen molar-refractivity contribution in [3.63, 3.8) is 0 Å². The fourth-order valence-corrected chi connectivity index (χ4v) is 3.59. The molecule has 0 saturated carbocycles. The van der Waals surface area contributed by atoms with E-state index in [9.17, 15) is 4.79 Å². The molecule has 0 aliphatic heterocycles. The molecule has 2 heterocycles. The zero-order valence-corrected chi connectivity index (χ0v) is 18.8. The van der Waals surface area contributed by atoms with Crippen LogP contribution in [0.3, 0.4) is 0 Å². The highest BCUT2D eigenvalue weighted by Crippen LogP contribution is 2.21. The van der Waals surface area contributed by atoms with E-state index >= 15 is 0 Å². The van der Waals surface area contributed by atoms with E-state index < -0.39 is 0 Å². The van der Waals surface area contributed by atoms with Crippen LogP contribution in [0.15, 0.2) is 91.3 Å². The van der Waals surface area contributed by atoms with Gasteiger partial charge < -0.3 is 10.1 Å². The highest BCUT2D eigenvalue weighted by molar-refractivity contribution is 6.30. The predicted octanol–water partition coefficient (Wildman–Crippen LogP) is 5.48. The van der Waals surface area contributed by atoms with Crippen LogP contribution >= 0.6 is 11.6 Å². The molecule has 0 spiro atoms. The molecule has 0 aliphatic carbocycles. The number of rotatable bonds is 7. The minimum atomic E-state index is -0.352. The smallest absolute Gasteiger partial charge is 0.287 e. The van der Waals surface area contributed by atoms with Crippen molar-refractivity contribution in [2.24, 2.45) is 0 Å². The Morgan fingerprint density at radius 1 is 0.971 bits per heavy atom. The van der Waals surface area contributed by atoms with Gasteiger partial charge in [-0.2, -0.15) is 9.67 Å². The second-order valence-corrected chi connectivity index (χ2v) is 8.02. The van der Waals surface area contributed by atoms with E-state index in [1.807, 2.05) is 72.8 Å². The summed E-state index contributed by atoms with van der Waals surface area (Å²) in [6.45, 7) is 0.255. The Morgan fingerprint density at radius 3 is 2.59 bits per heavy atom. The number of pyridine rings is 1. The molecule has 0 amide bonds. The largest absolute Gasteiger partial charge is 0.484 e. The maximum atomic E-state index is 13.1. The van der Waals surface area contributed by atoms with Crippen molar-refractivity contribution in [1.29, 1.82) is 0 Å². The topological polar surface area (TPSA) is 81.9 Å². The molecule has 5 aromatic rings. The van der Waals surface area contributed by atoms with Crippen LogP contribution in [0.5, 0.6) is 5.75 Å². The van der Waals surface area contributed by atoms with E-state index in [1.165, 1.54) is 4.68 Å². The van der Waals surface area contributed by atoms with E-state index in [0.717, 1.165) is 16.3 Å². The van der Waals surface area contributed by atoms with Crippen molar-refractivity contribution >= 4 is 34.2 Å². The summed E-state index contributed by atoms with van der Waals surface area (Å²) < 4.78 is 7.02. The van der Waals surface area contributed by atoms with Gasteiger partial charge in [-0.1, -0.05) is 54.1 Å². The van der Waals surface area contributed by atoms with Gasteiger partial charge in [-0.3, -0.25) is 9.78 Å². The van der Waals surface area contributed by atoms with E-state index in [0.29, 0.717) is 34.7 Å². The Hall–Kier alpha value is -4.23. The van der Waals surface area contributed by atoms with E-state index in [2.05, 4.69) is 20.4 Å². The molecule has 1 N–H and O–H groups in total. The van der Waals surface area contributed by atoms with Crippen molar-refractivity contribution in [3.8, 4) is 17.1 Å². The van der Waals surface area contributed by atoms with Crippen LogP contribution in [-0.4, -0.2) is 32.3 Å². The lowest BCUT2D eigenvalue weighted by Gasteiger charge is -2.09. The zero-order valence-electron chi connectivity index (χ0n) is 18.1. The lowest BCUT2D eigenvalue weighted by Crippen LogP contribution is -2.22. The monoisotopic (exact) mass is 469 g/mol. The van der Waals surface area contributed by atoms with Crippen LogP contribution in [0.1, 0.15) is 10.4 Å². The van der Waals surface area contributed by atoms with E-state index in [4.69, 9.17) is 16.3 Å². The standard InChI is InChI=1S/C26H20ClN5O2/c27-22-10-7-18(8-11-22)15-29-26-30-25(21-6-3-13-28-16-21)31-32(26)24(33)17-34-23-12-9-19-4-1-2-5-20(19)14-23/h1-14,16H,15,17H2,(H,29,30,31). The maximum Gasteiger partial charge on any atom is 0.287 e. The SMILES string of the molecule is O=C(COc1ccc2ccccc2c1)n1nc(-c2cccnc2)nc1NCc1ccc(Cl)cc1. The average molecular weight is 470 g/mol. The van der Waals surface area contributed by atoms with Crippen LogP contribution in [0.25, 0.3) is 22.2 Å². The number of nitrogens with one attached hydrogen (secondary N) is 1. The summed E-state index contributed by atoms with van der Waals surface area (Å²) in [7, 11) is 0. The summed E-state index contributed by atoms with van der Waals surface area (Å²) in [4.78, 5) is 21.7. The average Bonchev–Trinajstić information content (AvgIpc) is 3.32. The first-order valence-corrected chi connectivity index (χ1v) is 11.0. The quantitative estimate of drug-likeness (QED) is 0.340. The van der Waals surface area contributed by atoms with Crippen LogP contribution in [-0.2, 0) is 6.54 Å². The second-order valence-electron chi connectivity index (χ2n) is 7.58. The normalized spacial score (nSPS) is 10.9. The van der Waals surface area contributed by atoms with Crippen molar-refractivity contribution in [2.75, 3.05) is 11.9 Å². The first-order chi connectivity index (χ1) is 16.7. The number of anilines is 1. The van der Waals surface area contributed by atoms with Gasteiger partial charge in [-0.05, 0) is 52.7 Å². The molecule has 168 valence electrons. The van der Waals surface area contributed by atoms with Gasteiger partial charge in [0.25, 0.3) is 5.91 Å². The van der Waals surface area contributed by atoms with E-state index in [1.54, 1.807) is 18.5 Å². The molecule has 0 saturated heterocycles. The third kappa shape index (κ3) is 4.89. The molecule has 0 aliphatic rings. The van der Waals surface area contributed by atoms with Gasteiger partial charge >= 0.3 is 0 Å². The fourth-order valence-electron chi connectivity index (χ4n) is 3.46. The third-order valence-corrected chi connectivity index (χ3v) is 5.46. The Balaban J connectivity index is 1.36. The maximum absolute atomic E-state index is 13.1. The van der Waals surface area contributed by atoms with Crippen molar-refractivity contribution < 1.29 is 9.53 Å². The number of halogens is 1. The van der Waals surface area contributed by atoms with Gasteiger partial charge in [0.05, 0.1) is 0 Å². The molecular weight excluding hydrogens is 450 g/mol. The molecule has 5 rings (SSSR count). The van der Waals surface area contributed by atoms with Gasteiger partial charge in [0.2, 0.25) is 5.95 Å². The first-order valence-electron chi connectivity index (χ1n) is 10.7. The van der Waals surface area contributed by atoms with Gasteiger partial charge in [0.15, 0.2) is 12.4 Å². The van der Waals surface area contributed by atoms with Gasteiger partial charge in [-0.25, -0.2) is 0 Å². The Bertz CT molecular complexity index is 1440. The summed E-state index contributed by atoms with van der Waals surface area (Å²) in [6.07, 6.45) is 3.32. The van der Waals surface area contributed by atoms with Crippen LogP contribution < -0.4 is 10.1 Å². The van der Waals surface area contributed by atoms with Gasteiger partial charge in [-0.15, -0.1) is 5.10 Å². The van der Waals surface area contributed by atoms with Gasteiger partial charge in [0, 0.05) is 29.5 Å². The Morgan fingerprint density at radius 2 is 1.79 bits per heavy atom. The minimum absolute atomic E-state index is 0.191. The number of ether oxygens (including phenoxy) is 1. The Labute approximate surface area is 201 Å². The molecular formula is C26H20ClN5O2. The summed E-state index contributed by atoms with van der Waals surface area (Å²) in [6, 6.07) is 24.8. The zero-order chi connectivity index (χ0) is 23.3. The molecule has 34 heavy (non-hydrogen) atoms. The van der Waals surface area contributed by atoms with Crippen LogP contribution in [0.2, 0.25) is 5.02 Å². The highest BCUT2D eigenvalue weighted by atomic mass is 35.5. The third-order valence-electron chi connectivity index (χ3n) is 5.21. The molecule has 0 bridgehead atoms. The molecule has 8 heteroatoms. The minimum Gasteiger partial charge on any atom is -0.484 e. The number of hydrogen-bond donors (Lipinski definition) is 1. The Kier molecular flexibility index (Phi) is 6.18.